The number of phenols is 1. The quantitative estimate of drug-likeness (QED) is 0.794. The highest BCUT2D eigenvalue weighted by Crippen LogP contribution is 2.24. The Labute approximate surface area is 145 Å². The minimum absolute atomic E-state index is 0.0420. The van der Waals surface area contributed by atoms with Crippen molar-refractivity contribution in [3.05, 3.63) is 53.1 Å². The third-order valence-corrected chi connectivity index (χ3v) is 5.39. The number of carbonyl (C=O) groups is 1. The summed E-state index contributed by atoms with van der Waals surface area (Å²) < 4.78 is 25.7. The molecule has 24 heavy (non-hydrogen) atoms. The van der Waals surface area contributed by atoms with E-state index >= 15 is 0 Å². The van der Waals surface area contributed by atoms with Gasteiger partial charge in [0, 0.05) is 12.1 Å². The van der Waals surface area contributed by atoms with Crippen LogP contribution in [0.2, 0.25) is 5.02 Å². The number of benzene rings is 2. The van der Waals surface area contributed by atoms with Crippen molar-refractivity contribution in [2.45, 2.75) is 11.8 Å². The van der Waals surface area contributed by atoms with E-state index in [2.05, 4.69) is 5.32 Å². The number of anilines is 1. The van der Waals surface area contributed by atoms with Crippen LogP contribution in [0.25, 0.3) is 0 Å². The van der Waals surface area contributed by atoms with Gasteiger partial charge < -0.3 is 10.4 Å². The van der Waals surface area contributed by atoms with Gasteiger partial charge in [-0.05, 0) is 48.9 Å². The maximum absolute atomic E-state index is 12.4. The molecule has 0 aromatic heterocycles. The molecule has 0 aliphatic heterocycles. The van der Waals surface area contributed by atoms with Crippen LogP contribution in [0.4, 0.5) is 5.69 Å². The van der Waals surface area contributed by atoms with Gasteiger partial charge in [0.15, 0.2) is 0 Å². The number of amides is 1. The lowest BCUT2D eigenvalue weighted by atomic mass is 10.2. The van der Waals surface area contributed by atoms with Crippen LogP contribution in [0.15, 0.2) is 47.4 Å². The number of nitrogens with zero attached hydrogens (tertiary/aromatic N) is 1. The van der Waals surface area contributed by atoms with Crippen LogP contribution in [-0.2, 0) is 14.8 Å². The Bertz CT molecular complexity index is 851. The van der Waals surface area contributed by atoms with Gasteiger partial charge in [-0.3, -0.25) is 4.79 Å². The summed E-state index contributed by atoms with van der Waals surface area (Å²) in [6.07, 6.45) is 0. The molecule has 0 saturated heterocycles. The number of likely N-dealkylation sites (N-methyl/N-ethyl adjacent to an activating group) is 1. The summed E-state index contributed by atoms with van der Waals surface area (Å²) in [6, 6.07) is 10.5. The van der Waals surface area contributed by atoms with Crippen LogP contribution in [0.1, 0.15) is 5.56 Å². The number of halogens is 1. The maximum atomic E-state index is 12.4. The highest BCUT2D eigenvalue weighted by Gasteiger charge is 2.23. The number of rotatable bonds is 5. The first-order valence-corrected chi connectivity index (χ1v) is 8.83. The molecule has 0 aliphatic rings. The number of hydrogen-bond donors (Lipinski definition) is 2. The fourth-order valence-corrected chi connectivity index (χ4v) is 3.26. The zero-order valence-electron chi connectivity index (χ0n) is 13.2. The third-order valence-electron chi connectivity index (χ3n) is 3.32. The van der Waals surface area contributed by atoms with E-state index in [0.29, 0.717) is 5.02 Å². The molecule has 8 heteroatoms. The molecule has 0 unspecified atom stereocenters. The fraction of sp³-hybridized carbons (Fsp3) is 0.188. The van der Waals surface area contributed by atoms with Crippen molar-refractivity contribution in [3.8, 4) is 5.75 Å². The van der Waals surface area contributed by atoms with Crippen molar-refractivity contribution in [1.82, 2.24) is 4.31 Å². The normalized spacial score (nSPS) is 11.5. The molecule has 0 atom stereocenters. The second-order valence-electron chi connectivity index (χ2n) is 5.28. The average molecular weight is 369 g/mol. The van der Waals surface area contributed by atoms with E-state index in [0.717, 1.165) is 9.87 Å². The fourth-order valence-electron chi connectivity index (χ4n) is 2.01. The van der Waals surface area contributed by atoms with Gasteiger partial charge in [0.25, 0.3) is 0 Å². The predicted molar refractivity (Wildman–Crippen MR) is 92.7 cm³/mol. The molecule has 0 saturated carbocycles. The molecule has 2 N–H and O–H groups in total. The standard InChI is InChI=1S/C16H17ClN2O4S/c1-11-3-8-14(15(20)9-11)18-16(21)10-19(2)24(22,23)13-6-4-12(17)5-7-13/h3-9,20H,10H2,1-2H3,(H,18,21). The van der Waals surface area contributed by atoms with Gasteiger partial charge in [-0.25, -0.2) is 8.42 Å². The predicted octanol–water partition coefficient (Wildman–Crippen LogP) is 2.61. The Hall–Kier alpha value is -2.09. The van der Waals surface area contributed by atoms with Crippen molar-refractivity contribution in [3.63, 3.8) is 0 Å². The lowest BCUT2D eigenvalue weighted by Gasteiger charge is -2.17. The first kappa shape index (κ1) is 18.3. The summed E-state index contributed by atoms with van der Waals surface area (Å²) in [6.45, 7) is 1.41. The van der Waals surface area contributed by atoms with Crippen LogP contribution in [0.3, 0.4) is 0 Å². The molecule has 2 aromatic rings. The summed E-state index contributed by atoms with van der Waals surface area (Å²) in [4.78, 5) is 12.1. The Kier molecular flexibility index (Phi) is 5.48. The molecule has 0 bridgehead atoms. The number of sulfonamides is 1. The molecular formula is C16H17ClN2O4S. The van der Waals surface area contributed by atoms with Crippen molar-refractivity contribution in [2.75, 3.05) is 18.9 Å². The SMILES string of the molecule is Cc1ccc(NC(=O)CN(C)S(=O)(=O)c2ccc(Cl)cc2)c(O)c1. The second-order valence-corrected chi connectivity index (χ2v) is 7.77. The van der Waals surface area contributed by atoms with Crippen LogP contribution < -0.4 is 5.32 Å². The van der Waals surface area contributed by atoms with E-state index < -0.39 is 22.5 Å². The van der Waals surface area contributed by atoms with Gasteiger partial charge in [-0.1, -0.05) is 17.7 Å². The van der Waals surface area contributed by atoms with Crippen LogP contribution in [0.5, 0.6) is 5.75 Å². The number of aryl methyl sites for hydroxylation is 1. The van der Waals surface area contributed by atoms with E-state index in [-0.39, 0.29) is 16.3 Å². The van der Waals surface area contributed by atoms with Gasteiger partial charge in [0.05, 0.1) is 17.1 Å². The molecule has 128 valence electrons. The van der Waals surface area contributed by atoms with E-state index in [4.69, 9.17) is 11.6 Å². The lowest BCUT2D eigenvalue weighted by molar-refractivity contribution is -0.116. The first-order valence-electron chi connectivity index (χ1n) is 7.01. The Morgan fingerprint density at radius 2 is 1.83 bits per heavy atom. The minimum Gasteiger partial charge on any atom is -0.506 e. The van der Waals surface area contributed by atoms with E-state index in [1.165, 1.54) is 37.4 Å². The zero-order chi connectivity index (χ0) is 17.9. The largest absolute Gasteiger partial charge is 0.506 e. The lowest BCUT2D eigenvalue weighted by Crippen LogP contribution is -2.34. The van der Waals surface area contributed by atoms with Crippen LogP contribution >= 0.6 is 11.6 Å². The number of carbonyl (C=O) groups excluding carboxylic acids is 1. The smallest absolute Gasteiger partial charge is 0.243 e. The average Bonchev–Trinajstić information content (AvgIpc) is 2.50. The van der Waals surface area contributed by atoms with Gasteiger partial charge >= 0.3 is 0 Å². The van der Waals surface area contributed by atoms with Crippen molar-refractivity contribution >= 4 is 33.2 Å². The highest BCUT2D eigenvalue weighted by molar-refractivity contribution is 7.89. The van der Waals surface area contributed by atoms with Crippen molar-refractivity contribution in [2.24, 2.45) is 0 Å². The Morgan fingerprint density at radius 3 is 2.42 bits per heavy atom. The number of hydrogen-bond acceptors (Lipinski definition) is 4. The second kappa shape index (κ2) is 7.21. The van der Waals surface area contributed by atoms with Crippen molar-refractivity contribution in [1.29, 1.82) is 0 Å². The molecule has 6 nitrogen and oxygen atoms in total. The summed E-state index contributed by atoms with van der Waals surface area (Å²) in [5.74, 6) is -0.638. The maximum Gasteiger partial charge on any atom is 0.243 e. The topological polar surface area (TPSA) is 86.7 Å². The van der Waals surface area contributed by atoms with Crippen molar-refractivity contribution < 1.29 is 18.3 Å². The van der Waals surface area contributed by atoms with E-state index in [9.17, 15) is 18.3 Å². The minimum atomic E-state index is -3.81. The molecular weight excluding hydrogens is 352 g/mol. The number of phenolic OH excluding ortho intramolecular Hbond substituents is 1. The zero-order valence-corrected chi connectivity index (χ0v) is 14.7. The monoisotopic (exact) mass is 368 g/mol. The summed E-state index contributed by atoms with van der Waals surface area (Å²) in [7, 11) is -2.50. The van der Waals surface area contributed by atoms with Gasteiger partial charge in [-0.15, -0.1) is 0 Å². The molecule has 0 radical (unpaired) electrons. The number of nitrogens with one attached hydrogen (secondary N) is 1. The molecule has 0 heterocycles. The molecule has 0 aliphatic carbocycles. The van der Waals surface area contributed by atoms with Crippen LogP contribution in [-0.4, -0.2) is 37.3 Å². The third kappa shape index (κ3) is 4.25. The van der Waals surface area contributed by atoms with E-state index in [1.807, 2.05) is 0 Å². The highest BCUT2D eigenvalue weighted by atomic mass is 35.5. The van der Waals surface area contributed by atoms with Gasteiger partial charge in [0.1, 0.15) is 5.75 Å². The summed E-state index contributed by atoms with van der Waals surface area (Å²) >= 11 is 5.75. The Morgan fingerprint density at radius 1 is 1.21 bits per heavy atom. The molecule has 0 fully saturated rings. The summed E-state index contributed by atoms with van der Waals surface area (Å²) in [5, 5.41) is 12.7. The molecule has 1 amide bonds. The van der Waals surface area contributed by atoms with E-state index in [1.54, 1.807) is 19.1 Å². The number of aromatic hydroxyl groups is 1. The molecule has 2 aromatic carbocycles. The molecule has 2 rings (SSSR count). The first-order chi connectivity index (χ1) is 11.2. The Balaban J connectivity index is 2.09. The summed E-state index contributed by atoms with van der Waals surface area (Å²) in [5.41, 5.74) is 1.07. The van der Waals surface area contributed by atoms with Crippen LogP contribution in [0, 0.1) is 6.92 Å². The van der Waals surface area contributed by atoms with Gasteiger partial charge in [0.2, 0.25) is 15.9 Å². The molecule has 0 spiro atoms. The van der Waals surface area contributed by atoms with Gasteiger partial charge in [-0.2, -0.15) is 4.31 Å².